The molecule has 0 aliphatic carbocycles. The molecule has 0 heterocycles. The van der Waals surface area contributed by atoms with Gasteiger partial charge in [0.25, 0.3) is 0 Å². The van der Waals surface area contributed by atoms with Gasteiger partial charge in [0.1, 0.15) is 24.2 Å². The van der Waals surface area contributed by atoms with Gasteiger partial charge in [-0.1, -0.05) is 0 Å². The van der Waals surface area contributed by atoms with Crippen LogP contribution in [0.2, 0.25) is 0 Å². The Morgan fingerprint density at radius 2 is 1.30 bits per heavy atom. The molecule has 0 aromatic heterocycles. The van der Waals surface area contributed by atoms with Crippen LogP contribution in [-0.4, -0.2) is 98.8 Å². The third-order valence-electron chi connectivity index (χ3n) is 3.50. The number of aliphatic hydroxyl groups excluding tert-OH is 4. The van der Waals surface area contributed by atoms with E-state index in [9.17, 15) is 34.5 Å². The van der Waals surface area contributed by atoms with Crippen LogP contribution in [0.3, 0.4) is 0 Å². The second-order valence-electron chi connectivity index (χ2n) is 5.82. The normalized spacial score (nSPS) is 17.6. The number of carboxylic acids is 1. The highest BCUT2D eigenvalue weighted by molar-refractivity contribution is 5.94. The Labute approximate surface area is 154 Å². The minimum Gasteiger partial charge on any atom is -0.480 e. The van der Waals surface area contributed by atoms with Crippen molar-refractivity contribution in [3.05, 3.63) is 0 Å². The molecular formula is C14H26N4O9. The lowest BCUT2D eigenvalue weighted by atomic mass is 10.1. The van der Waals surface area contributed by atoms with E-state index in [1.165, 1.54) is 6.92 Å². The zero-order valence-corrected chi connectivity index (χ0v) is 14.8. The van der Waals surface area contributed by atoms with E-state index in [0.717, 1.165) is 6.92 Å². The summed E-state index contributed by atoms with van der Waals surface area (Å²) in [4.78, 5) is 46.8. The Hall–Kier alpha value is -2.32. The SMILES string of the molecule is C[C@@H](O)[C@H](N)C(=O)N[C@@H](CO)C(=O)N[C@H](C(=O)N[C@@H](CO)C(=O)O)[C@@H](C)O. The van der Waals surface area contributed by atoms with Crippen molar-refractivity contribution in [2.24, 2.45) is 5.73 Å². The van der Waals surface area contributed by atoms with Crippen molar-refractivity contribution in [3.63, 3.8) is 0 Å². The molecule has 27 heavy (non-hydrogen) atoms. The highest BCUT2D eigenvalue weighted by Crippen LogP contribution is 1.98. The molecule has 0 saturated heterocycles. The molecule has 3 amide bonds. The predicted octanol–water partition coefficient (Wildman–Crippen LogP) is -5.40. The number of hydrogen-bond donors (Lipinski definition) is 9. The van der Waals surface area contributed by atoms with Crippen molar-refractivity contribution in [2.45, 2.75) is 50.2 Å². The Bertz CT molecular complexity index is 541. The number of hydrogen-bond acceptors (Lipinski definition) is 9. The zero-order chi connectivity index (χ0) is 21.3. The average Bonchev–Trinajstić information content (AvgIpc) is 2.59. The number of carbonyl (C=O) groups excluding carboxylic acids is 3. The first-order chi connectivity index (χ1) is 12.5. The Balaban J connectivity index is 5.10. The first kappa shape index (κ1) is 24.7. The second kappa shape index (κ2) is 11.4. The van der Waals surface area contributed by atoms with Gasteiger partial charge in [0.2, 0.25) is 17.7 Å². The van der Waals surface area contributed by atoms with E-state index < -0.39 is 73.3 Å². The lowest BCUT2D eigenvalue weighted by molar-refractivity contribution is -0.144. The molecule has 0 saturated carbocycles. The largest absolute Gasteiger partial charge is 0.480 e. The first-order valence-electron chi connectivity index (χ1n) is 7.93. The molecule has 10 N–H and O–H groups in total. The molecule has 0 unspecified atom stereocenters. The van der Waals surface area contributed by atoms with Gasteiger partial charge in [0.15, 0.2) is 0 Å². The fourth-order valence-electron chi connectivity index (χ4n) is 1.79. The van der Waals surface area contributed by atoms with E-state index in [1.807, 2.05) is 5.32 Å². The summed E-state index contributed by atoms with van der Waals surface area (Å²) < 4.78 is 0. The van der Waals surface area contributed by atoms with Crippen LogP contribution in [0, 0.1) is 0 Å². The minimum absolute atomic E-state index is 0.882. The van der Waals surface area contributed by atoms with Gasteiger partial charge in [-0.05, 0) is 13.8 Å². The number of rotatable bonds is 11. The lowest BCUT2D eigenvalue weighted by Crippen LogP contribution is -2.61. The van der Waals surface area contributed by atoms with Crippen LogP contribution in [0.4, 0.5) is 0 Å². The smallest absolute Gasteiger partial charge is 0.328 e. The number of carbonyl (C=O) groups is 4. The molecule has 0 fully saturated rings. The molecule has 13 nitrogen and oxygen atoms in total. The van der Waals surface area contributed by atoms with Gasteiger partial charge < -0.3 is 47.2 Å². The Kier molecular flexibility index (Phi) is 10.4. The van der Waals surface area contributed by atoms with Crippen molar-refractivity contribution in [1.82, 2.24) is 16.0 Å². The maximum atomic E-state index is 12.2. The van der Waals surface area contributed by atoms with E-state index in [2.05, 4.69) is 10.6 Å². The Morgan fingerprint density at radius 3 is 1.67 bits per heavy atom. The van der Waals surface area contributed by atoms with E-state index >= 15 is 0 Å². The van der Waals surface area contributed by atoms with Crippen LogP contribution in [0.1, 0.15) is 13.8 Å². The fourth-order valence-corrected chi connectivity index (χ4v) is 1.79. The van der Waals surface area contributed by atoms with Gasteiger partial charge >= 0.3 is 5.97 Å². The second-order valence-corrected chi connectivity index (χ2v) is 5.82. The monoisotopic (exact) mass is 394 g/mol. The summed E-state index contributed by atoms with van der Waals surface area (Å²) in [6.07, 6.45) is -2.70. The maximum absolute atomic E-state index is 12.2. The fraction of sp³-hybridized carbons (Fsp3) is 0.714. The highest BCUT2D eigenvalue weighted by atomic mass is 16.4. The first-order valence-corrected chi connectivity index (χ1v) is 7.93. The van der Waals surface area contributed by atoms with E-state index in [-0.39, 0.29) is 0 Å². The quantitative estimate of drug-likeness (QED) is 0.161. The van der Waals surface area contributed by atoms with E-state index in [4.69, 9.17) is 15.9 Å². The minimum atomic E-state index is -1.66. The van der Waals surface area contributed by atoms with Crippen molar-refractivity contribution in [3.8, 4) is 0 Å². The van der Waals surface area contributed by atoms with Gasteiger partial charge in [-0.3, -0.25) is 14.4 Å². The summed E-state index contributed by atoms with van der Waals surface area (Å²) in [5.41, 5.74) is 5.40. The van der Waals surface area contributed by atoms with Crippen molar-refractivity contribution in [2.75, 3.05) is 13.2 Å². The third kappa shape index (κ3) is 7.84. The number of nitrogens with two attached hydrogens (primary N) is 1. The van der Waals surface area contributed by atoms with Crippen LogP contribution in [-0.2, 0) is 19.2 Å². The number of aliphatic carboxylic acids is 1. The predicted molar refractivity (Wildman–Crippen MR) is 88.9 cm³/mol. The number of nitrogens with one attached hydrogen (secondary N) is 3. The van der Waals surface area contributed by atoms with Crippen molar-refractivity contribution < 1.29 is 44.7 Å². The Morgan fingerprint density at radius 1 is 0.815 bits per heavy atom. The van der Waals surface area contributed by atoms with Crippen LogP contribution in [0.5, 0.6) is 0 Å². The van der Waals surface area contributed by atoms with Crippen molar-refractivity contribution in [1.29, 1.82) is 0 Å². The van der Waals surface area contributed by atoms with Gasteiger partial charge in [0, 0.05) is 0 Å². The summed E-state index contributed by atoms with van der Waals surface area (Å²) in [6.45, 7) is 0.571. The molecule has 0 spiro atoms. The molecule has 6 atom stereocenters. The zero-order valence-electron chi connectivity index (χ0n) is 14.8. The van der Waals surface area contributed by atoms with Crippen LogP contribution >= 0.6 is 0 Å². The summed E-state index contributed by atoms with van der Waals surface area (Å²) in [5, 5.41) is 51.9. The molecule has 0 rings (SSSR count). The molecule has 0 aromatic rings. The van der Waals surface area contributed by atoms with Crippen LogP contribution in [0.15, 0.2) is 0 Å². The molecule has 0 aliphatic rings. The summed E-state index contributed by atoms with van der Waals surface area (Å²) in [5.74, 6) is -4.65. The molecule has 0 aliphatic heterocycles. The van der Waals surface area contributed by atoms with Crippen LogP contribution in [0.25, 0.3) is 0 Å². The van der Waals surface area contributed by atoms with Gasteiger partial charge in [-0.2, -0.15) is 0 Å². The third-order valence-corrected chi connectivity index (χ3v) is 3.50. The molecule has 156 valence electrons. The number of carboxylic acid groups (broad SMARTS) is 1. The average molecular weight is 394 g/mol. The number of aliphatic hydroxyl groups is 4. The lowest BCUT2D eigenvalue weighted by Gasteiger charge is -2.25. The topological polar surface area (TPSA) is 232 Å². The van der Waals surface area contributed by atoms with E-state index in [1.54, 1.807) is 0 Å². The maximum Gasteiger partial charge on any atom is 0.328 e. The summed E-state index contributed by atoms with van der Waals surface area (Å²) >= 11 is 0. The van der Waals surface area contributed by atoms with Gasteiger partial charge in [-0.25, -0.2) is 4.79 Å². The molecular weight excluding hydrogens is 368 g/mol. The number of amides is 3. The standard InChI is InChI=1S/C14H26N4O9/c1-5(21)9(15)12(24)16-7(3-19)11(23)18-10(6(2)22)13(25)17-8(4-20)14(26)27/h5-10,19-22H,3-4,15H2,1-2H3,(H,16,24)(H,17,25)(H,18,23)(H,26,27)/t5-,6-,7+,8+,9+,10+/m1/s1. The molecule has 0 aromatic carbocycles. The van der Waals surface area contributed by atoms with Gasteiger partial charge in [0.05, 0.1) is 25.4 Å². The summed E-state index contributed by atoms with van der Waals surface area (Å²) in [7, 11) is 0. The molecule has 0 bridgehead atoms. The van der Waals surface area contributed by atoms with Crippen molar-refractivity contribution >= 4 is 23.7 Å². The summed E-state index contributed by atoms with van der Waals surface area (Å²) in [6, 6.07) is -6.22. The molecule has 0 radical (unpaired) electrons. The highest BCUT2D eigenvalue weighted by Gasteiger charge is 2.32. The van der Waals surface area contributed by atoms with Crippen LogP contribution < -0.4 is 21.7 Å². The van der Waals surface area contributed by atoms with Gasteiger partial charge in [-0.15, -0.1) is 0 Å². The molecule has 13 heteroatoms. The van der Waals surface area contributed by atoms with E-state index in [0.29, 0.717) is 0 Å².